The zero-order valence-corrected chi connectivity index (χ0v) is 19.7. The van der Waals surface area contributed by atoms with Gasteiger partial charge in [-0.2, -0.15) is 0 Å². The molecule has 2 rings (SSSR count). The van der Waals surface area contributed by atoms with Gasteiger partial charge in [-0.3, -0.25) is 4.99 Å². The number of aryl methyl sites for hydroxylation is 1. The molecule has 0 atom stereocenters. The highest BCUT2D eigenvalue weighted by molar-refractivity contribution is 14.0. The van der Waals surface area contributed by atoms with E-state index in [2.05, 4.69) is 54.1 Å². The Labute approximate surface area is 185 Å². The van der Waals surface area contributed by atoms with Crippen LogP contribution in [-0.4, -0.2) is 49.3 Å². The van der Waals surface area contributed by atoms with E-state index in [4.69, 9.17) is 14.5 Å². The van der Waals surface area contributed by atoms with Crippen molar-refractivity contribution in [3.05, 3.63) is 53.9 Å². The maximum Gasteiger partial charge on any atom is 0.194 e. The Morgan fingerprint density at radius 2 is 1.96 bits per heavy atom. The summed E-state index contributed by atoms with van der Waals surface area (Å²) in [6.45, 7) is 5.80. The molecular formula is C21H33IN4O2. The van der Waals surface area contributed by atoms with Crippen molar-refractivity contribution < 1.29 is 9.47 Å². The van der Waals surface area contributed by atoms with Crippen LogP contribution in [0.3, 0.4) is 0 Å². The molecule has 6 nitrogen and oxygen atoms in total. The molecule has 156 valence electrons. The lowest BCUT2D eigenvalue weighted by molar-refractivity contribution is 0.120. The van der Waals surface area contributed by atoms with Gasteiger partial charge in [0.25, 0.3) is 0 Å². The number of benzene rings is 1. The third kappa shape index (κ3) is 8.10. The first-order valence-electron chi connectivity index (χ1n) is 9.44. The van der Waals surface area contributed by atoms with Crippen molar-refractivity contribution in [2.75, 3.05) is 33.9 Å². The maximum absolute atomic E-state index is 5.75. The first-order valence-corrected chi connectivity index (χ1v) is 9.44. The number of hydrogen-bond acceptors (Lipinski definition) is 3. The summed E-state index contributed by atoms with van der Waals surface area (Å²) >= 11 is 0. The standard InChI is InChI=1S/C21H32N4O2.HI/c1-5-22-21(25(3)16-19-8-6-14-24(19)2)23-13-7-15-27-17-18-9-11-20(26-4)12-10-18;/h6,8-12,14H,5,7,13,15-17H2,1-4H3,(H,22,23);1H. The highest BCUT2D eigenvalue weighted by atomic mass is 127. The summed E-state index contributed by atoms with van der Waals surface area (Å²) in [7, 11) is 5.80. The lowest BCUT2D eigenvalue weighted by atomic mass is 10.2. The summed E-state index contributed by atoms with van der Waals surface area (Å²) in [5.74, 6) is 1.79. The van der Waals surface area contributed by atoms with E-state index in [0.717, 1.165) is 43.3 Å². The molecule has 0 fully saturated rings. The van der Waals surface area contributed by atoms with Gasteiger partial charge in [0.15, 0.2) is 5.96 Å². The van der Waals surface area contributed by atoms with Crippen LogP contribution in [0.15, 0.2) is 47.6 Å². The van der Waals surface area contributed by atoms with Gasteiger partial charge in [-0.1, -0.05) is 12.1 Å². The molecule has 0 spiro atoms. The molecule has 0 radical (unpaired) electrons. The van der Waals surface area contributed by atoms with E-state index >= 15 is 0 Å². The number of ether oxygens (including phenoxy) is 2. The molecule has 0 amide bonds. The summed E-state index contributed by atoms with van der Waals surface area (Å²) < 4.78 is 13.0. The minimum atomic E-state index is 0. The van der Waals surface area contributed by atoms with Crippen molar-refractivity contribution in [2.24, 2.45) is 12.0 Å². The van der Waals surface area contributed by atoms with Gasteiger partial charge in [0.2, 0.25) is 0 Å². The van der Waals surface area contributed by atoms with Gasteiger partial charge in [-0.05, 0) is 43.2 Å². The molecule has 7 heteroatoms. The highest BCUT2D eigenvalue weighted by Crippen LogP contribution is 2.12. The topological polar surface area (TPSA) is 51.0 Å². The van der Waals surface area contributed by atoms with Crippen molar-refractivity contribution in [2.45, 2.75) is 26.5 Å². The average Bonchev–Trinajstić information content (AvgIpc) is 3.08. The van der Waals surface area contributed by atoms with Crippen LogP contribution in [0.25, 0.3) is 0 Å². The Balaban J connectivity index is 0.00000392. The van der Waals surface area contributed by atoms with Crippen molar-refractivity contribution in [3.8, 4) is 5.75 Å². The van der Waals surface area contributed by atoms with E-state index in [1.165, 1.54) is 5.69 Å². The number of nitrogens with zero attached hydrogens (tertiary/aromatic N) is 3. The second kappa shape index (κ2) is 13.4. The Kier molecular flexibility index (Phi) is 11.7. The van der Waals surface area contributed by atoms with Gasteiger partial charge >= 0.3 is 0 Å². The van der Waals surface area contributed by atoms with Crippen molar-refractivity contribution in [1.82, 2.24) is 14.8 Å². The number of nitrogens with one attached hydrogen (secondary N) is 1. The zero-order chi connectivity index (χ0) is 19.5. The van der Waals surface area contributed by atoms with Crippen molar-refractivity contribution >= 4 is 29.9 Å². The van der Waals surface area contributed by atoms with E-state index in [1.807, 2.05) is 24.3 Å². The maximum atomic E-state index is 5.75. The van der Waals surface area contributed by atoms with Crippen LogP contribution in [-0.2, 0) is 24.9 Å². The molecular weight excluding hydrogens is 467 g/mol. The van der Waals surface area contributed by atoms with E-state index in [0.29, 0.717) is 13.2 Å². The first-order chi connectivity index (χ1) is 13.1. The monoisotopic (exact) mass is 500 g/mol. The molecule has 1 aromatic heterocycles. The fourth-order valence-electron chi connectivity index (χ4n) is 2.71. The summed E-state index contributed by atoms with van der Waals surface area (Å²) in [6.07, 6.45) is 2.95. The van der Waals surface area contributed by atoms with Crippen LogP contribution in [0.5, 0.6) is 5.75 Å². The number of methoxy groups -OCH3 is 1. The Morgan fingerprint density at radius 3 is 2.57 bits per heavy atom. The van der Waals surface area contributed by atoms with E-state index in [9.17, 15) is 0 Å². The fourth-order valence-corrected chi connectivity index (χ4v) is 2.71. The van der Waals surface area contributed by atoms with Gasteiger partial charge in [0.05, 0.1) is 20.3 Å². The highest BCUT2D eigenvalue weighted by Gasteiger charge is 2.07. The SMILES string of the molecule is CCNC(=NCCCOCc1ccc(OC)cc1)N(C)Cc1cccn1C.I. The van der Waals surface area contributed by atoms with Crippen LogP contribution in [0.1, 0.15) is 24.6 Å². The first kappa shape index (κ1) is 24.3. The largest absolute Gasteiger partial charge is 0.497 e. The smallest absolute Gasteiger partial charge is 0.194 e. The second-order valence-electron chi connectivity index (χ2n) is 6.46. The van der Waals surface area contributed by atoms with Crippen LogP contribution in [0, 0.1) is 0 Å². The van der Waals surface area contributed by atoms with Crippen LogP contribution < -0.4 is 10.1 Å². The van der Waals surface area contributed by atoms with Gasteiger partial charge in [0, 0.05) is 45.7 Å². The summed E-state index contributed by atoms with van der Waals surface area (Å²) in [6, 6.07) is 12.2. The normalized spacial score (nSPS) is 11.1. The minimum Gasteiger partial charge on any atom is -0.497 e. The number of aliphatic imine (C=N–C) groups is 1. The third-order valence-electron chi connectivity index (χ3n) is 4.28. The number of halogens is 1. The zero-order valence-electron chi connectivity index (χ0n) is 17.4. The van der Waals surface area contributed by atoms with E-state index < -0.39 is 0 Å². The molecule has 1 heterocycles. The Bertz CT molecular complexity index is 701. The van der Waals surface area contributed by atoms with Gasteiger partial charge in [0.1, 0.15) is 5.75 Å². The molecule has 0 unspecified atom stereocenters. The van der Waals surface area contributed by atoms with Crippen LogP contribution in [0.2, 0.25) is 0 Å². The molecule has 1 aromatic carbocycles. The van der Waals surface area contributed by atoms with E-state index in [1.54, 1.807) is 7.11 Å². The van der Waals surface area contributed by atoms with Gasteiger partial charge in [-0.15, -0.1) is 24.0 Å². The number of rotatable bonds is 10. The predicted octanol–water partition coefficient (Wildman–Crippen LogP) is 3.66. The lowest BCUT2D eigenvalue weighted by Crippen LogP contribution is -2.38. The Hall–Kier alpha value is -1.74. The quantitative estimate of drug-likeness (QED) is 0.234. The number of hydrogen-bond donors (Lipinski definition) is 1. The summed E-state index contributed by atoms with van der Waals surface area (Å²) in [5, 5.41) is 3.36. The molecule has 0 saturated heterocycles. The van der Waals surface area contributed by atoms with Gasteiger partial charge < -0.3 is 24.3 Å². The number of guanidine groups is 1. The molecule has 1 N–H and O–H groups in total. The van der Waals surface area contributed by atoms with E-state index in [-0.39, 0.29) is 24.0 Å². The third-order valence-corrected chi connectivity index (χ3v) is 4.28. The molecule has 0 bridgehead atoms. The fraction of sp³-hybridized carbons (Fsp3) is 0.476. The molecule has 0 saturated carbocycles. The van der Waals surface area contributed by atoms with Crippen molar-refractivity contribution in [3.63, 3.8) is 0 Å². The second-order valence-corrected chi connectivity index (χ2v) is 6.46. The molecule has 28 heavy (non-hydrogen) atoms. The lowest BCUT2D eigenvalue weighted by Gasteiger charge is -2.22. The molecule has 2 aromatic rings. The average molecular weight is 500 g/mol. The molecule has 0 aliphatic rings. The predicted molar refractivity (Wildman–Crippen MR) is 126 cm³/mol. The van der Waals surface area contributed by atoms with Crippen LogP contribution in [0.4, 0.5) is 0 Å². The Morgan fingerprint density at radius 1 is 1.21 bits per heavy atom. The molecule has 0 aliphatic carbocycles. The molecule has 0 aliphatic heterocycles. The summed E-state index contributed by atoms with van der Waals surface area (Å²) in [5.41, 5.74) is 2.40. The van der Waals surface area contributed by atoms with Gasteiger partial charge in [-0.25, -0.2) is 0 Å². The number of aromatic nitrogens is 1. The minimum absolute atomic E-state index is 0. The van der Waals surface area contributed by atoms with Crippen molar-refractivity contribution in [1.29, 1.82) is 0 Å². The summed E-state index contributed by atoms with van der Waals surface area (Å²) in [4.78, 5) is 6.87. The van der Waals surface area contributed by atoms with Crippen LogP contribution >= 0.6 is 24.0 Å².